The van der Waals surface area contributed by atoms with Gasteiger partial charge >= 0.3 is 0 Å². The van der Waals surface area contributed by atoms with Gasteiger partial charge in [-0.2, -0.15) is 0 Å². The van der Waals surface area contributed by atoms with Crippen LogP contribution in [0.3, 0.4) is 0 Å². The maximum atomic E-state index is 13.1. The Morgan fingerprint density at radius 3 is 2.94 bits per heavy atom. The van der Waals surface area contributed by atoms with E-state index in [9.17, 15) is 4.39 Å². The van der Waals surface area contributed by atoms with Crippen LogP contribution >= 0.6 is 0 Å². The zero-order valence-electron chi connectivity index (χ0n) is 8.44. The van der Waals surface area contributed by atoms with Crippen molar-refractivity contribution in [3.63, 3.8) is 0 Å². The molecular weight excluding hydrogens is 203 g/mol. The van der Waals surface area contributed by atoms with E-state index in [0.29, 0.717) is 0 Å². The Morgan fingerprint density at radius 2 is 2.06 bits per heavy atom. The topological polar surface area (TPSA) is 28.7 Å². The Bertz CT molecular complexity index is 643. The summed E-state index contributed by atoms with van der Waals surface area (Å²) in [6.45, 7) is 0. The van der Waals surface area contributed by atoms with E-state index >= 15 is 0 Å². The minimum atomic E-state index is -0.244. The quantitative estimate of drug-likeness (QED) is 0.658. The van der Waals surface area contributed by atoms with Crippen molar-refractivity contribution in [3.05, 3.63) is 54.6 Å². The van der Waals surface area contributed by atoms with Gasteiger partial charge in [-0.05, 0) is 24.3 Å². The second-order valence-electron chi connectivity index (χ2n) is 3.61. The van der Waals surface area contributed by atoms with Crippen molar-refractivity contribution in [2.45, 2.75) is 0 Å². The molecule has 0 atom stereocenters. The number of benzene rings is 1. The molecule has 0 aliphatic rings. The number of hydrogen-bond acceptors (Lipinski definition) is 1. The lowest BCUT2D eigenvalue weighted by atomic mass is 10.1. The van der Waals surface area contributed by atoms with E-state index in [0.717, 1.165) is 22.2 Å². The molecular formula is C13H9FN2. The number of nitrogens with zero attached hydrogens (tertiary/aromatic N) is 1. The van der Waals surface area contributed by atoms with Gasteiger partial charge in [0.25, 0.3) is 0 Å². The van der Waals surface area contributed by atoms with Crippen molar-refractivity contribution in [3.8, 4) is 11.3 Å². The highest BCUT2D eigenvalue weighted by molar-refractivity contribution is 5.92. The highest BCUT2D eigenvalue weighted by atomic mass is 19.1. The fraction of sp³-hybridized carbons (Fsp3) is 0. The Labute approximate surface area is 91.8 Å². The minimum Gasteiger partial charge on any atom is -0.361 e. The van der Waals surface area contributed by atoms with E-state index in [-0.39, 0.29) is 5.82 Å². The van der Waals surface area contributed by atoms with Crippen molar-refractivity contribution in [1.29, 1.82) is 0 Å². The first-order valence-corrected chi connectivity index (χ1v) is 5.02. The smallest absolute Gasteiger partial charge is 0.123 e. The summed E-state index contributed by atoms with van der Waals surface area (Å²) >= 11 is 0. The molecule has 0 saturated heterocycles. The van der Waals surface area contributed by atoms with Crippen molar-refractivity contribution in [1.82, 2.24) is 9.97 Å². The van der Waals surface area contributed by atoms with Crippen LogP contribution in [0.2, 0.25) is 0 Å². The van der Waals surface area contributed by atoms with Crippen LogP contribution in [0.1, 0.15) is 0 Å². The molecule has 16 heavy (non-hydrogen) atoms. The highest BCUT2D eigenvalue weighted by Gasteiger charge is 2.06. The van der Waals surface area contributed by atoms with Crippen molar-refractivity contribution >= 4 is 10.9 Å². The average Bonchev–Trinajstić information content (AvgIpc) is 2.76. The fourth-order valence-electron chi connectivity index (χ4n) is 1.85. The van der Waals surface area contributed by atoms with Gasteiger partial charge in [0.05, 0.1) is 5.69 Å². The Balaban J connectivity index is 2.29. The number of aromatic amines is 1. The van der Waals surface area contributed by atoms with Gasteiger partial charge < -0.3 is 4.98 Å². The molecule has 3 heteroatoms. The Kier molecular flexibility index (Phi) is 1.96. The molecule has 2 aromatic heterocycles. The second kappa shape index (κ2) is 3.45. The summed E-state index contributed by atoms with van der Waals surface area (Å²) in [7, 11) is 0. The van der Waals surface area contributed by atoms with Crippen LogP contribution in [0.15, 0.2) is 48.8 Å². The van der Waals surface area contributed by atoms with Crippen LogP contribution in [-0.4, -0.2) is 9.97 Å². The lowest BCUT2D eigenvalue weighted by Gasteiger charge is -2.02. The zero-order chi connectivity index (χ0) is 11.0. The van der Waals surface area contributed by atoms with Gasteiger partial charge in [-0.25, -0.2) is 4.39 Å². The second-order valence-corrected chi connectivity index (χ2v) is 3.61. The number of aromatic nitrogens is 2. The van der Waals surface area contributed by atoms with Gasteiger partial charge in [0, 0.05) is 28.9 Å². The summed E-state index contributed by atoms with van der Waals surface area (Å²) in [6.07, 6.45) is 3.58. The first kappa shape index (κ1) is 9.09. The molecule has 1 aromatic carbocycles. The SMILES string of the molecule is Fc1cccc(-c2nccc3[nH]ccc23)c1. The third-order valence-corrected chi connectivity index (χ3v) is 2.58. The van der Waals surface area contributed by atoms with E-state index in [1.54, 1.807) is 12.3 Å². The number of rotatable bonds is 1. The lowest BCUT2D eigenvalue weighted by molar-refractivity contribution is 0.628. The summed E-state index contributed by atoms with van der Waals surface area (Å²) in [4.78, 5) is 7.41. The highest BCUT2D eigenvalue weighted by Crippen LogP contribution is 2.25. The predicted octanol–water partition coefficient (Wildman–Crippen LogP) is 3.37. The van der Waals surface area contributed by atoms with Crippen LogP contribution in [0.25, 0.3) is 22.2 Å². The maximum Gasteiger partial charge on any atom is 0.123 e. The van der Waals surface area contributed by atoms with Crippen LogP contribution in [0.4, 0.5) is 4.39 Å². The maximum absolute atomic E-state index is 13.1. The monoisotopic (exact) mass is 212 g/mol. The van der Waals surface area contributed by atoms with Crippen molar-refractivity contribution in [2.24, 2.45) is 0 Å². The molecule has 1 N–H and O–H groups in total. The Hall–Kier alpha value is -2.16. The molecule has 0 saturated carbocycles. The van der Waals surface area contributed by atoms with Crippen LogP contribution in [0, 0.1) is 5.82 Å². The number of pyridine rings is 1. The van der Waals surface area contributed by atoms with Crippen molar-refractivity contribution in [2.75, 3.05) is 0 Å². The largest absolute Gasteiger partial charge is 0.361 e. The third kappa shape index (κ3) is 1.37. The first-order valence-electron chi connectivity index (χ1n) is 5.02. The zero-order valence-corrected chi connectivity index (χ0v) is 8.44. The van der Waals surface area contributed by atoms with Gasteiger partial charge in [-0.3, -0.25) is 4.98 Å². The third-order valence-electron chi connectivity index (χ3n) is 2.58. The summed E-state index contributed by atoms with van der Waals surface area (Å²) in [5.74, 6) is -0.244. The molecule has 0 fully saturated rings. The molecule has 0 unspecified atom stereocenters. The Morgan fingerprint density at radius 1 is 1.12 bits per heavy atom. The molecule has 2 nitrogen and oxygen atoms in total. The number of halogens is 1. The molecule has 3 rings (SSSR count). The standard InChI is InChI=1S/C13H9FN2/c14-10-3-1-2-9(8-10)13-11-4-6-15-12(11)5-7-16-13/h1-8,15H. The average molecular weight is 212 g/mol. The van der Waals surface area contributed by atoms with Crippen molar-refractivity contribution < 1.29 is 4.39 Å². The van der Waals surface area contributed by atoms with E-state index in [1.165, 1.54) is 12.1 Å². The van der Waals surface area contributed by atoms with Gasteiger partial charge in [-0.15, -0.1) is 0 Å². The predicted molar refractivity (Wildman–Crippen MR) is 61.5 cm³/mol. The van der Waals surface area contributed by atoms with E-state index in [2.05, 4.69) is 9.97 Å². The summed E-state index contributed by atoms with van der Waals surface area (Å²) in [5.41, 5.74) is 2.61. The van der Waals surface area contributed by atoms with Gasteiger partial charge in [0.15, 0.2) is 0 Å². The molecule has 0 spiro atoms. The number of nitrogens with one attached hydrogen (secondary N) is 1. The van der Waals surface area contributed by atoms with E-state index in [1.807, 2.05) is 24.4 Å². The summed E-state index contributed by atoms with van der Waals surface area (Å²) in [5, 5.41) is 1.01. The molecule has 0 bridgehead atoms. The molecule has 78 valence electrons. The normalized spacial score (nSPS) is 10.8. The molecule has 3 aromatic rings. The van der Waals surface area contributed by atoms with Crippen LogP contribution < -0.4 is 0 Å². The van der Waals surface area contributed by atoms with Gasteiger partial charge in [0.2, 0.25) is 0 Å². The van der Waals surface area contributed by atoms with E-state index < -0.39 is 0 Å². The van der Waals surface area contributed by atoms with Crippen LogP contribution in [0.5, 0.6) is 0 Å². The fourth-order valence-corrected chi connectivity index (χ4v) is 1.85. The molecule has 0 radical (unpaired) electrons. The molecule has 0 aliphatic carbocycles. The molecule has 2 heterocycles. The lowest BCUT2D eigenvalue weighted by Crippen LogP contribution is -1.85. The molecule has 0 aliphatic heterocycles. The van der Waals surface area contributed by atoms with Gasteiger partial charge in [-0.1, -0.05) is 12.1 Å². The number of fused-ring (bicyclic) bond motifs is 1. The number of H-pyrrole nitrogens is 1. The summed E-state index contributed by atoms with van der Waals surface area (Å²) in [6, 6.07) is 10.3. The summed E-state index contributed by atoms with van der Waals surface area (Å²) < 4.78 is 13.1. The first-order chi connectivity index (χ1) is 7.84. The minimum absolute atomic E-state index is 0.244. The number of hydrogen-bond donors (Lipinski definition) is 1. The van der Waals surface area contributed by atoms with E-state index in [4.69, 9.17) is 0 Å². The molecule has 0 amide bonds. The van der Waals surface area contributed by atoms with Gasteiger partial charge in [0.1, 0.15) is 5.82 Å². The van der Waals surface area contributed by atoms with Crippen LogP contribution in [-0.2, 0) is 0 Å².